The number of halogens is 1. The molecule has 0 unspecified atom stereocenters. The van der Waals surface area contributed by atoms with Crippen molar-refractivity contribution in [1.82, 2.24) is 14.3 Å². The molecule has 1 fully saturated rings. The van der Waals surface area contributed by atoms with Crippen LogP contribution in [0.4, 0.5) is 4.39 Å². The predicted molar refractivity (Wildman–Crippen MR) is 106 cm³/mol. The Bertz CT molecular complexity index is 867. The first kappa shape index (κ1) is 20.8. The van der Waals surface area contributed by atoms with E-state index in [-0.39, 0.29) is 17.5 Å². The van der Waals surface area contributed by atoms with E-state index in [9.17, 15) is 12.8 Å². The molecule has 0 amide bonds. The van der Waals surface area contributed by atoms with Crippen molar-refractivity contribution >= 4 is 10.0 Å². The molecule has 28 heavy (non-hydrogen) atoms. The van der Waals surface area contributed by atoms with E-state index >= 15 is 0 Å². The predicted octanol–water partition coefficient (Wildman–Crippen LogP) is 3.22. The molecule has 1 aromatic carbocycles. The Morgan fingerprint density at radius 3 is 2.54 bits per heavy atom. The molecule has 1 saturated heterocycles. The quantitative estimate of drug-likeness (QED) is 0.628. The van der Waals surface area contributed by atoms with Gasteiger partial charge in [0.2, 0.25) is 10.0 Å². The van der Waals surface area contributed by atoms with Crippen LogP contribution in [0.5, 0.6) is 0 Å². The van der Waals surface area contributed by atoms with Gasteiger partial charge in [0.05, 0.1) is 11.4 Å². The van der Waals surface area contributed by atoms with Crippen LogP contribution in [0.15, 0.2) is 36.5 Å². The van der Waals surface area contributed by atoms with Gasteiger partial charge < -0.3 is 4.74 Å². The third-order valence-corrected chi connectivity index (χ3v) is 6.98. The van der Waals surface area contributed by atoms with Gasteiger partial charge in [0.25, 0.3) is 0 Å². The average molecular weight is 408 g/mol. The summed E-state index contributed by atoms with van der Waals surface area (Å²) >= 11 is 0. The summed E-state index contributed by atoms with van der Waals surface area (Å²) in [4.78, 5) is 9.03. The van der Waals surface area contributed by atoms with E-state index in [0.717, 1.165) is 23.5 Å². The minimum absolute atomic E-state index is 0.125. The Kier molecular flexibility index (Phi) is 7.09. The highest BCUT2D eigenvalue weighted by Gasteiger charge is 2.29. The number of nitrogens with zero attached hydrogens (tertiary/aromatic N) is 3. The van der Waals surface area contributed by atoms with Gasteiger partial charge in [-0.3, -0.25) is 0 Å². The molecule has 0 atom stereocenters. The zero-order valence-corrected chi connectivity index (χ0v) is 16.9. The van der Waals surface area contributed by atoms with Crippen LogP contribution < -0.4 is 0 Å². The molecular formula is C20H26FN3O3S. The minimum Gasteiger partial charge on any atom is -0.385 e. The Labute approximate surface area is 165 Å². The lowest BCUT2D eigenvalue weighted by atomic mass is 9.97. The first-order valence-electron chi connectivity index (χ1n) is 9.55. The number of hydrogen-bond acceptors (Lipinski definition) is 5. The molecule has 1 aromatic heterocycles. The monoisotopic (exact) mass is 407 g/mol. The Balaban J connectivity index is 1.60. The highest BCUT2D eigenvalue weighted by atomic mass is 32.2. The van der Waals surface area contributed by atoms with E-state index in [1.807, 2.05) is 0 Å². The second-order valence-corrected chi connectivity index (χ2v) is 9.08. The molecule has 1 aliphatic rings. The van der Waals surface area contributed by atoms with Gasteiger partial charge in [-0.15, -0.1) is 0 Å². The lowest BCUT2D eigenvalue weighted by molar-refractivity contribution is 0.194. The lowest BCUT2D eigenvalue weighted by Gasteiger charge is -2.30. The molecular weight excluding hydrogens is 381 g/mol. The smallest absolute Gasteiger partial charge is 0.214 e. The van der Waals surface area contributed by atoms with Gasteiger partial charge in [0.15, 0.2) is 0 Å². The van der Waals surface area contributed by atoms with Gasteiger partial charge in [-0.25, -0.2) is 27.1 Å². The van der Waals surface area contributed by atoms with Crippen LogP contribution in [0.1, 0.15) is 37.4 Å². The molecule has 1 aliphatic heterocycles. The fraction of sp³-hybridized carbons (Fsp3) is 0.500. The van der Waals surface area contributed by atoms with Crippen molar-refractivity contribution < 1.29 is 17.5 Å². The van der Waals surface area contributed by atoms with Gasteiger partial charge in [-0.05, 0) is 56.0 Å². The molecule has 0 aliphatic carbocycles. The van der Waals surface area contributed by atoms with Crippen LogP contribution in [0.25, 0.3) is 11.3 Å². The largest absolute Gasteiger partial charge is 0.385 e. The van der Waals surface area contributed by atoms with Crippen molar-refractivity contribution in [3.8, 4) is 11.3 Å². The van der Waals surface area contributed by atoms with Crippen molar-refractivity contribution in [3.63, 3.8) is 0 Å². The molecule has 0 radical (unpaired) electrons. The van der Waals surface area contributed by atoms with Crippen molar-refractivity contribution in [3.05, 3.63) is 48.2 Å². The summed E-state index contributed by atoms with van der Waals surface area (Å²) < 4.78 is 44.6. The van der Waals surface area contributed by atoms with Crippen molar-refractivity contribution in [2.75, 3.05) is 32.6 Å². The number of sulfonamides is 1. The Morgan fingerprint density at radius 2 is 1.86 bits per heavy atom. The van der Waals surface area contributed by atoms with Gasteiger partial charge in [0.1, 0.15) is 11.6 Å². The van der Waals surface area contributed by atoms with Crippen LogP contribution in [-0.2, 0) is 14.8 Å². The maximum absolute atomic E-state index is 13.1. The van der Waals surface area contributed by atoms with Gasteiger partial charge in [-0.2, -0.15) is 0 Å². The number of ether oxygens (including phenoxy) is 1. The van der Waals surface area contributed by atoms with Crippen molar-refractivity contribution in [2.24, 2.45) is 0 Å². The summed E-state index contributed by atoms with van der Waals surface area (Å²) in [6.07, 6.45) is 4.46. The number of piperidine rings is 1. The van der Waals surface area contributed by atoms with E-state index in [2.05, 4.69) is 9.97 Å². The van der Waals surface area contributed by atoms with Crippen LogP contribution in [0, 0.1) is 5.82 Å². The molecule has 0 saturated carbocycles. The second kappa shape index (κ2) is 9.54. The van der Waals surface area contributed by atoms with Crippen LogP contribution >= 0.6 is 0 Å². The first-order valence-corrected chi connectivity index (χ1v) is 11.2. The van der Waals surface area contributed by atoms with Crippen LogP contribution in [0.2, 0.25) is 0 Å². The molecule has 0 N–H and O–H groups in total. The molecule has 0 bridgehead atoms. The number of unbranched alkanes of at least 4 members (excludes halogenated alkanes) is 1. The summed E-state index contributed by atoms with van der Waals surface area (Å²) in [5, 5.41) is 0. The van der Waals surface area contributed by atoms with E-state index in [0.29, 0.717) is 39.0 Å². The summed E-state index contributed by atoms with van der Waals surface area (Å²) in [5.41, 5.74) is 1.58. The SMILES string of the molecule is COCCCCS(=O)(=O)N1CCC(c2nccc(-c3ccc(F)cc3)n2)CC1. The zero-order chi connectivity index (χ0) is 20.0. The first-order chi connectivity index (χ1) is 13.5. The Morgan fingerprint density at radius 1 is 1.14 bits per heavy atom. The third-order valence-electron chi connectivity index (χ3n) is 5.03. The molecule has 2 heterocycles. The maximum atomic E-state index is 13.1. The van der Waals surface area contributed by atoms with E-state index in [1.165, 1.54) is 12.1 Å². The highest BCUT2D eigenvalue weighted by molar-refractivity contribution is 7.89. The zero-order valence-electron chi connectivity index (χ0n) is 16.1. The number of methoxy groups -OCH3 is 1. The lowest BCUT2D eigenvalue weighted by Crippen LogP contribution is -2.39. The summed E-state index contributed by atoms with van der Waals surface area (Å²) in [6.45, 7) is 1.56. The van der Waals surface area contributed by atoms with E-state index in [1.54, 1.807) is 35.8 Å². The Hall–Kier alpha value is -1.90. The number of rotatable bonds is 8. The van der Waals surface area contributed by atoms with Crippen LogP contribution in [0.3, 0.4) is 0 Å². The topological polar surface area (TPSA) is 72.4 Å². The maximum Gasteiger partial charge on any atom is 0.214 e. The fourth-order valence-electron chi connectivity index (χ4n) is 3.40. The molecule has 0 spiro atoms. The number of aromatic nitrogens is 2. The molecule has 2 aromatic rings. The molecule has 3 rings (SSSR count). The molecule has 6 nitrogen and oxygen atoms in total. The van der Waals surface area contributed by atoms with Gasteiger partial charge in [-0.1, -0.05) is 0 Å². The van der Waals surface area contributed by atoms with Crippen molar-refractivity contribution in [2.45, 2.75) is 31.6 Å². The second-order valence-electron chi connectivity index (χ2n) is 7.00. The normalized spacial score (nSPS) is 16.4. The highest BCUT2D eigenvalue weighted by Crippen LogP contribution is 2.28. The van der Waals surface area contributed by atoms with Crippen molar-refractivity contribution in [1.29, 1.82) is 0 Å². The van der Waals surface area contributed by atoms with Crippen LogP contribution in [-0.4, -0.2) is 55.3 Å². The summed E-state index contributed by atoms with van der Waals surface area (Å²) in [5.74, 6) is 0.727. The minimum atomic E-state index is -3.22. The number of benzene rings is 1. The van der Waals surface area contributed by atoms with Gasteiger partial charge in [0, 0.05) is 44.5 Å². The molecule has 8 heteroatoms. The third kappa shape index (κ3) is 5.33. The summed E-state index contributed by atoms with van der Waals surface area (Å²) in [7, 11) is -1.61. The standard InChI is InChI=1S/C20H26FN3O3S/c1-27-14-2-3-15-28(25,26)24-12-9-17(10-13-24)20-22-11-8-19(23-20)16-4-6-18(21)7-5-16/h4-8,11,17H,2-3,9-10,12-15H2,1H3. The van der Waals surface area contributed by atoms with E-state index < -0.39 is 10.0 Å². The summed E-state index contributed by atoms with van der Waals surface area (Å²) in [6, 6.07) is 8.01. The average Bonchev–Trinajstić information content (AvgIpc) is 2.72. The number of hydrogen-bond donors (Lipinski definition) is 0. The van der Waals surface area contributed by atoms with E-state index in [4.69, 9.17) is 4.74 Å². The molecule has 152 valence electrons. The van der Waals surface area contributed by atoms with Gasteiger partial charge >= 0.3 is 0 Å². The fourth-order valence-corrected chi connectivity index (χ4v) is 5.00.